The number of nitrogens with zero attached hydrogens (tertiary/aromatic N) is 1. The first-order valence-electron chi connectivity index (χ1n) is 8.91. The lowest BCUT2D eigenvalue weighted by molar-refractivity contribution is 0.0967. The summed E-state index contributed by atoms with van der Waals surface area (Å²) in [4.78, 5) is 13.6. The van der Waals surface area contributed by atoms with Crippen LogP contribution in [0.25, 0.3) is 32.6 Å². The third-order valence-corrected chi connectivity index (χ3v) is 5.29. The summed E-state index contributed by atoms with van der Waals surface area (Å²) in [5.74, 6) is -0.181. The van der Waals surface area contributed by atoms with Gasteiger partial charge < -0.3 is 5.11 Å². The van der Waals surface area contributed by atoms with Gasteiger partial charge in [0.25, 0.3) is 5.91 Å². The molecule has 0 aliphatic rings. The number of phenolic OH excluding ortho intramolecular Hbond substituents is 1. The summed E-state index contributed by atoms with van der Waals surface area (Å²) in [6.07, 6.45) is 0. The second-order valence-corrected chi connectivity index (χ2v) is 6.79. The number of aromatic hydroxyl groups is 1. The number of benzene rings is 4. The van der Waals surface area contributed by atoms with Crippen molar-refractivity contribution in [2.45, 2.75) is 6.92 Å². The number of carbonyl (C=O) groups is 1. The summed E-state index contributed by atoms with van der Waals surface area (Å²) in [5, 5.41) is 14.7. The van der Waals surface area contributed by atoms with E-state index in [4.69, 9.17) is 0 Å². The van der Waals surface area contributed by atoms with Crippen LogP contribution in [0.1, 0.15) is 15.9 Å². The van der Waals surface area contributed by atoms with Crippen molar-refractivity contribution in [2.24, 2.45) is 0 Å². The van der Waals surface area contributed by atoms with Crippen molar-refractivity contribution in [2.75, 3.05) is 0 Å². The average Bonchev–Trinajstić information content (AvgIpc) is 3.05. The van der Waals surface area contributed by atoms with Crippen molar-refractivity contribution in [1.82, 2.24) is 4.57 Å². The van der Waals surface area contributed by atoms with Gasteiger partial charge in [-0.15, -0.1) is 0 Å². The van der Waals surface area contributed by atoms with Crippen LogP contribution in [-0.4, -0.2) is 15.6 Å². The molecular weight excluding hydrogens is 334 g/mol. The minimum absolute atomic E-state index is 0.0422. The zero-order valence-corrected chi connectivity index (χ0v) is 14.8. The lowest BCUT2D eigenvalue weighted by Crippen LogP contribution is -2.12. The van der Waals surface area contributed by atoms with Gasteiger partial charge in [0.05, 0.1) is 16.6 Å². The number of phenols is 1. The molecule has 27 heavy (non-hydrogen) atoms. The predicted octanol–water partition coefficient (Wildman–Crippen LogP) is 5.65. The topological polar surface area (TPSA) is 42.2 Å². The van der Waals surface area contributed by atoms with Crippen molar-refractivity contribution in [3.8, 4) is 5.75 Å². The Labute approximate surface area is 156 Å². The molecule has 0 aliphatic carbocycles. The van der Waals surface area contributed by atoms with Crippen molar-refractivity contribution in [1.29, 1.82) is 0 Å². The van der Waals surface area contributed by atoms with Gasteiger partial charge in [0.2, 0.25) is 0 Å². The maximum Gasteiger partial charge on any atom is 0.266 e. The maximum atomic E-state index is 13.6. The highest BCUT2D eigenvalue weighted by molar-refractivity contribution is 6.17. The molecule has 3 nitrogen and oxygen atoms in total. The minimum atomic E-state index is -0.223. The molecule has 130 valence electrons. The van der Waals surface area contributed by atoms with Gasteiger partial charge >= 0.3 is 0 Å². The van der Waals surface area contributed by atoms with Gasteiger partial charge in [-0.3, -0.25) is 9.36 Å². The van der Waals surface area contributed by atoms with Gasteiger partial charge in [-0.25, -0.2) is 0 Å². The second-order valence-electron chi connectivity index (χ2n) is 6.79. The van der Waals surface area contributed by atoms with Crippen molar-refractivity contribution >= 4 is 38.5 Å². The fourth-order valence-corrected chi connectivity index (χ4v) is 3.94. The number of carbonyl (C=O) groups excluding carboxylic acids is 1. The predicted molar refractivity (Wildman–Crippen MR) is 110 cm³/mol. The molecule has 5 aromatic rings. The van der Waals surface area contributed by atoms with E-state index < -0.39 is 0 Å². The van der Waals surface area contributed by atoms with Crippen LogP contribution >= 0.6 is 0 Å². The summed E-state index contributed by atoms with van der Waals surface area (Å²) in [6, 6.07) is 25.3. The van der Waals surface area contributed by atoms with E-state index in [2.05, 4.69) is 0 Å². The van der Waals surface area contributed by atoms with Crippen LogP contribution in [0.4, 0.5) is 0 Å². The van der Waals surface area contributed by atoms with E-state index in [1.165, 1.54) is 0 Å². The van der Waals surface area contributed by atoms with Gasteiger partial charge in [-0.05, 0) is 41.5 Å². The first-order valence-corrected chi connectivity index (χ1v) is 8.91. The molecule has 3 heteroatoms. The number of hydrogen-bond acceptors (Lipinski definition) is 2. The smallest absolute Gasteiger partial charge is 0.266 e. The van der Waals surface area contributed by atoms with Crippen molar-refractivity contribution < 1.29 is 9.90 Å². The van der Waals surface area contributed by atoms with Crippen LogP contribution in [0.5, 0.6) is 5.75 Å². The molecule has 4 aromatic carbocycles. The van der Waals surface area contributed by atoms with E-state index in [1.807, 2.05) is 79.7 Å². The van der Waals surface area contributed by atoms with Crippen LogP contribution in [0.2, 0.25) is 0 Å². The summed E-state index contributed by atoms with van der Waals surface area (Å²) in [7, 11) is 0. The molecule has 0 amide bonds. The van der Waals surface area contributed by atoms with Gasteiger partial charge in [0.1, 0.15) is 5.75 Å². The molecule has 1 N–H and O–H groups in total. The van der Waals surface area contributed by atoms with E-state index in [0.717, 1.165) is 38.1 Å². The Morgan fingerprint density at radius 1 is 0.778 bits per heavy atom. The molecule has 0 radical (unpaired) electrons. The fourth-order valence-electron chi connectivity index (χ4n) is 3.94. The van der Waals surface area contributed by atoms with Crippen LogP contribution in [-0.2, 0) is 0 Å². The number of aromatic nitrogens is 1. The van der Waals surface area contributed by atoms with E-state index in [9.17, 15) is 9.90 Å². The van der Waals surface area contributed by atoms with Gasteiger partial charge in [-0.1, -0.05) is 60.7 Å². The molecule has 0 spiro atoms. The lowest BCUT2D eigenvalue weighted by Gasteiger charge is -2.12. The Hall–Kier alpha value is -3.59. The molecule has 0 bridgehead atoms. The number of aryl methyl sites for hydroxylation is 1. The molecule has 0 saturated carbocycles. The van der Waals surface area contributed by atoms with Crippen LogP contribution < -0.4 is 0 Å². The molecule has 5 rings (SSSR count). The Morgan fingerprint density at radius 3 is 1.93 bits per heavy atom. The molecule has 0 fully saturated rings. The molecular formula is C24H17NO2. The highest BCUT2D eigenvalue weighted by atomic mass is 16.3. The fraction of sp³-hybridized carbons (Fsp3) is 0.0417. The highest BCUT2D eigenvalue weighted by Gasteiger charge is 2.21. The molecule has 0 saturated heterocycles. The average molecular weight is 351 g/mol. The monoisotopic (exact) mass is 351 g/mol. The summed E-state index contributed by atoms with van der Waals surface area (Å²) >= 11 is 0. The normalized spacial score (nSPS) is 11.4. The summed E-state index contributed by atoms with van der Waals surface area (Å²) in [6.45, 7) is 1.85. The molecule has 0 atom stereocenters. The third-order valence-electron chi connectivity index (χ3n) is 5.29. The van der Waals surface area contributed by atoms with Crippen LogP contribution in [0, 0.1) is 6.92 Å². The maximum absolute atomic E-state index is 13.6. The molecule has 1 heterocycles. The largest absolute Gasteiger partial charge is 0.507 e. The Bertz CT molecular complexity index is 1310. The second kappa shape index (κ2) is 5.71. The van der Waals surface area contributed by atoms with E-state index in [-0.39, 0.29) is 11.7 Å². The minimum Gasteiger partial charge on any atom is -0.507 e. The lowest BCUT2D eigenvalue weighted by atomic mass is 10.00. The molecule has 1 aromatic heterocycles. The van der Waals surface area contributed by atoms with Gasteiger partial charge in [-0.2, -0.15) is 0 Å². The number of para-hydroxylation sites is 2. The zero-order chi connectivity index (χ0) is 18.5. The van der Waals surface area contributed by atoms with Crippen LogP contribution in [0.3, 0.4) is 0 Å². The zero-order valence-electron chi connectivity index (χ0n) is 14.8. The van der Waals surface area contributed by atoms with Crippen molar-refractivity contribution in [3.05, 3.63) is 90.0 Å². The third kappa shape index (κ3) is 2.18. The Kier molecular flexibility index (Phi) is 3.31. The standard InChI is InChI=1S/C24H17NO2/c1-15-17-9-3-2-8-16(17)14-20(23(15)26)24(27)25-21-12-6-4-10-18(21)19-11-5-7-13-22(19)25/h2-14,26H,1H3. The van der Waals surface area contributed by atoms with E-state index >= 15 is 0 Å². The quantitative estimate of drug-likeness (QED) is 0.424. The Balaban J connectivity index is 1.85. The number of hydrogen-bond donors (Lipinski definition) is 1. The van der Waals surface area contributed by atoms with Crippen molar-refractivity contribution in [3.63, 3.8) is 0 Å². The number of rotatable bonds is 1. The van der Waals surface area contributed by atoms with E-state index in [1.54, 1.807) is 10.6 Å². The Morgan fingerprint density at radius 2 is 1.30 bits per heavy atom. The summed E-state index contributed by atoms with van der Waals surface area (Å²) < 4.78 is 1.70. The summed E-state index contributed by atoms with van der Waals surface area (Å²) in [5.41, 5.74) is 2.72. The van der Waals surface area contributed by atoms with E-state index in [0.29, 0.717) is 5.56 Å². The SMILES string of the molecule is Cc1c(O)c(C(=O)n2c3ccccc3c3ccccc32)cc2ccccc12. The molecule has 0 unspecified atom stereocenters. The van der Waals surface area contributed by atoms with Gasteiger partial charge in [0.15, 0.2) is 0 Å². The highest BCUT2D eigenvalue weighted by Crippen LogP contribution is 2.34. The first kappa shape index (κ1) is 15.6. The van der Waals surface area contributed by atoms with Crippen LogP contribution in [0.15, 0.2) is 78.9 Å². The molecule has 0 aliphatic heterocycles. The van der Waals surface area contributed by atoms with Gasteiger partial charge in [0, 0.05) is 10.8 Å². The first-order chi connectivity index (χ1) is 13.2. The number of fused-ring (bicyclic) bond motifs is 4.